The van der Waals surface area contributed by atoms with Crippen molar-refractivity contribution in [3.05, 3.63) is 45.1 Å². The third-order valence-electron chi connectivity index (χ3n) is 2.70. The summed E-state index contributed by atoms with van der Waals surface area (Å²) in [6, 6.07) is 6.00. The number of hydrogen-bond acceptors (Lipinski definition) is 2. The van der Waals surface area contributed by atoms with Gasteiger partial charge < -0.3 is 10.1 Å². The van der Waals surface area contributed by atoms with Gasteiger partial charge in [-0.05, 0) is 30.3 Å². The maximum atomic E-state index is 6.29. The number of hydrogen-bond donors (Lipinski definition) is 1. The van der Waals surface area contributed by atoms with E-state index in [1.165, 1.54) is 0 Å². The maximum absolute atomic E-state index is 6.29. The van der Waals surface area contributed by atoms with Gasteiger partial charge in [0.1, 0.15) is 5.76 Å². The summed E-state index contributed by atoms with van der Waals surface area (Å²) in [6.07, 6.45) is 3.11. The molecule has 0 aliphatic carbocycles. The topological polar surface area (TPSA) is 21.3 Å². The van der Waals surface area contributed by atoms with Crippen LogP contribution in [0.15, 0.2) is 34.5 Å². The van der Waals surface area contributed by atoms with Gasteiger partial charge in [0.05, 0.1) is 12.6 Å². The molecular formula is C13H15BrClNO. The van der Waals surface area contributed by atoms with Crippen molar-refractivity contribution in [2.45, 2.75) is 19.4 Å². The Bertz CT molecular complexity index is 433. The van der Waals surface area contributed by atoms with E-state index >= 15 is 0 Å². The minimum atomic E-state index is 0.0584. The Balaban J connectivity index is 2.31. The minimum absolute atomic E-state index is 0.0584. The highest BCUT2D eigenvalue weighted by molar-refractivity contribution is 9.10. The van der Waals surface area contributed by atoms with Crippen LogP contribution >= 0.6 is 27.5 Å². The Labute approximate surface area is 115 Å². The first-order chi connectivity index (χ1) is 8.22. The van der Waals surface area contributed by atoms with E-state index in [1.807, 2.05) is 18.2 Å². The summed E-state index contributed by atoms with van der Waals surface area (Å²) in [5, 5.41) is 4.16. The van der Waals surface area contributed by atoms with Crippen molar-refractivity contribution in [3.8, 4) is 0 Å². The summed E-state index contributed by atoms with van der Waals surface area (Å²) in [5.41, 5.74) is 1.06. The van der Waals surface area contributed by atoms with Crippen molar-refractivity contribution < 1.29 is 4.74 Å². The molecule has 0 saturated carbocycles. The third kappa shape index (κ3) is 3.03. The summed E-state index contributed by atoms with van der Waals surface area (Å²) in [6.45, 7) is 3.72. The predicted molar refractivity (Wildman–Crippen MR) is 74.2 cm³/mol. The SMILES string of the molecule is CCNC(C1=CCCO1)c1ccc(Br)cc1Cl. The third-order valence-corrected chi connectivity index (χ3v) is 3.52. The van der Waals surface area contributed by atoms with Crippen LogP contribution in [0.3, 0.4) is 0 Å². The molecule has 1 atom stereocenters. The van der Waals surface area contributed by atoms with E-state index in [0.29, 0.717) is 0 Å². The monoisotopic (exact) mass is 315 g/mol. The summed E-state index contributed by atoms with van der Waals surface area (Å²) in [4.78, 5) is 0. The zero-order chi connectivity index (χ0) is 12.3. The molecule has 0 radical (unpaired) electrons. The summed E-state index contributed by atoms with van der Waals surface area (Å²) >= 11 is 9.70. The van der Waals surface area contributed by atoms with Crippen molar-refractivity contribution >= 4 is 27.5 Å². The van der Waals surface area contributed by atoms with Gasteiger partial charge in [-0.1, -0.05) is 40.5 Å². The molecule has 2 nitrogen and oxygen atoms in total. The largest absolute Gasteiger partial charge is 0.496 e. The lowest BCUT2D eigenvalue weighted by Crippen LogP contribution is -2.23. The Hall–Kier alpha value is -0.510. The molecule has 0 aromatic heterocycles. The fourth-order valence-electron chi connectivity index (χ4n) is 1.94. The standard InChI is InChI=1S/C13H15BrClNO/c1-2-16-13(12-4-3-7-17-12)10-6-5-9(14)8-11(10)15/h4-6,8,13,16H,2-3,7H2,1H3. The molecule has 1 aromatic carbocycles. The Morgan fingerprint density at radius 2 is 2.35 bits per heavy atom. The lowest BCUT2D eigenvalue weighted by molar-refractivity contribution is 0.216. The lowest BCUT2D eigenvalue weighted by atomic mass is 10.0. The first-order valence-electron chi connectivity index (χ1n) is 5.73. The Morgan fingerprint density at radius 1 is 1.53 bits per heavy atom. The van der Waals surface area contributed by atoms with Crippen molar-refractivity contribution in [3.63, 3.8) is 0 Å². The molecule has 1 aliphatic heterocycles. The normalized spacial score (nSPS) is 16.5. The summed E-state index contributed by atoms with van der Waals surface area (Å²) in [5.74, 6) is 0.982. The van der Waals surface area contributed by atoms with Crippen LogP contribution in [-0.4, -0.2) is 13.2 Å². The summed E-state index contributed by atoms with van der Waals surface area (Å²) < 4.78 is 6.62. The number of likely N-dealkylation sites (N-methyl/N-ethyl adjacent to an activating group) is 1. The van der Waals surface area contributed by atoms with Gasteiger partial charge in [0.15, 0.2) is 0 Å². The Morgan fingerprint density at radius 3 is 2.94 bits per heavy atom. The molecule has 1 aromatic rings. The van der Waals surface area contributed by atoms with Gasteiger partial charge in [-0.15, -0.1) is 0 Å². The second-order valence-corrected chi connectivity index (χ2v) is 5.22. The second kappa shape index (κ2) is 5.89. The van der Waals surface area contributed by atoms with E-state index in [9.17, 15) is 0 Å². The molecule has 0 spiro atoms. The minimum Gasteiger partial charge on any atom is -0.496 e. The van der Waals surface area contributed by atoms with E-state index in [2.05, 4.69) is 34.2 Å². The number of benzene rings is 1. The number of ether oxygens (including phenoxy) is 1. The molecule has 1 aliphatic rings. The van der Waals surface area contributed by atoms with Gasteiger partial charge in [-0.3, -0.25) is 0 Å². The molecule has 0 amide bonds. The molecule has 1 N–H and O–H groups in total. The van der Waals surface area contributed by atoms with Crippen LogP contribution in [0.25, 0.3) is 0 Å². The molecule has 0 fully saturated rings. The van der Waals surface area contributed by atoms with Crippen LogP contribution in [0.2, 0.25) is 5.02 Å². The van der Waals surface area contributed by atoms with Gasteiger partial charge >= 0.3 is 0 Å². The first-order valence-corrected chi connectivity index (χ1v) is 6.90. The van der Waals surface area contributed by atoms with Crippen molar-refractivity contribution in [1.82, 2.24) is 5.32 Å². The molecule has 2 rings (SSSR count). The van der Waals surface area contributed by atoms with Gasteiger partial charge in [-0.25, -0.2) is 0 Å². The average molecular weight is 317 g/mol. The average Bonchev–Trinajstić information content (AvgIpc) is 2.80. The van der Waals surface area contributed by atoms with Crippen molar-refractivity contribution in [2.24, 2.45) is 0 Å². The van der Waals surface area contributed by atoms with E-state index in [4.69, 9.17) is 16.3 Å². The van der Waals surface area contributed by atoms with Gasteiger partial charge in [0.25, 0.3) is 0 Å². The highest BCUT2D eigenvalue weighted by Crippen LogP contribution is 2.32. The van der Waals surface area contributed by atoms with Crippen LogP contribution in [-0.2, 0) is 4.74 Å². The van der Waals surface area contributed by atoms with E-state index in [-0.39, 0.29) is 6.04 Å². The van der Waals surface area contributed by atoms with Gasteiger partial charge in [0.2, 0.25) is 0 Å². The smallest absolute Gasteiger partial charge is 0.114 e. The highest BCUT2D eigenvalue weighted by Gasteiger charge is 2.22. The first kappa shape index (κ1) is 12.9. The molecule has 1 unspecified atom stereocenters. The van der Waals surface area contributed by atoms with E-state index < -0.39 is 0 Å². The van der Waals surface area contributed by atoms with Gasteiger partial charge in [-0.2, -0.15) is 0 Å². The van der Waals surface area contributed by atoms with Gasteiger partial charge in [0, 0.05) is 15.9 Å². The molecular weight excluding hydrogens is 302 g/mol. The Kier molecular flexibility index (Phi) is 4.48. The molecule has 4 heteroatoms. The van der Waals surface area contributed by atoms with Crippen LogP contribution in [0, 0.1) is 0 Å². The van der Waals surface area contributed by atoms with Crippen LogP contribution in [0.4, 0.5) is 0 Å². The van der Waals surface area contributed by atoms with Crippen LogP contribution in [0.1, 0.15) is 24.9 Å². The predicted octanol–water partition coefficient (Wildman–Crippen LogP) is 4.06. The zero-order valence-electron chi connectivity index (χ0n) is 9.67. The molecule has 1 heterocycles. The number of rotatable bonds is 4. The van der Waals surface area contributed by atoms with Crippen molar-refractivity contribution in [1.29, 1.82) is 0 Å². The zero-order valence-corrected chi connectivity index (χ0v) is 12.0. The fourth-order valence-corrected chi connectivity index (χ4v) is 2.72. The van der Waals surface area contributed by atoms with E-state index in [1.54, 1.807) is 0 Å². The molecule has 92 valence electrons. The highest BCUT2D eigenvalue weighted by atomic mass is 79.9. The molecule has 0 saturated heterocycles. The lowest BCUT2D eigenvalue weighted by Gasteiger charge is -2.20. The number of halogens is 2. The molecule has 0 bridgehead atoms. The van der Waals surface area contributed by atoms with Crippen molar-refractivity contribution in [2.75, 3.05) is 13.2 Å². The van der Waals surface area contributed by atoms with Crippen LogP contribution in [0.5, 0.6) is 0 Å². The second-order valence-electron chi connectivity index (χ2n) is 3.90. The summed E-state index contributed by atoms with van der Waals surface area (Å²) in [7, 11) is 0. The van der Waals surface area contributed by atoms with Crippen LogP contribution < -0.4 is 5.32 Å². The fraction of sp³-hybridized carbons (Fsp3) is 0.385. The quantitative estimate of drug-likeness (QED) is 0.904. The number of nitrogens with one attached hydrogen (secondary N) is 1. The maximum Gasteiger partial charge on any atom is 0.114 e. The molecule has 17 heavy (non-hydrogen) atoms. The van der Waals surface area contributed by atoms with E-state index in [0.717, 1.165) is 40.4 Å².